The highest BCUT2D eigenvalue weighted by atomic mass is 16.5. The van der Waals surface area contributed by atoms with E-state index in [1.165, 1.54) is 16.7 Å². The van der Waals surface area contributed by atoms with Gasteiger partial charge in [-0.3, -0.25) is 4.90 Å². The molecule has 0 aliphatic carbocycles. The van der Waals surface area contributed by atoms with Gasteiger partial charge in [0.1, 0.15) is 17.5 Å². The van der Waals surface area contributed by atoms with E-state index in [1.54, 1.807) is 0 Å². The van der Waals surface area contributed by atoms with Gasteiger partial charge in [-0.25, -0.2) is 9.97 Å². The van der Waals surface area contributed by atoms with E-state index in [4.69, 9.17) is 4.74 Å². The molecule has 0 bridgehead atoms. The lowest BCUT2D eigenvalue weighted by Crippen LogP contribution is -2.39. The predicted octanol–water partition coefficient (Wildman–Crippen LogP) is 3.20. The van der Waals surface area contributed by atoms with Crippen molar-refractivity contribution in [2.75, 3.05) is 50.0 Å². The molecule has 6 nitrogen and oxygen atoms in total. The minimum absolute atomic E-state index is 0.756. The minimum Gasteiger partial charge on any atom is -0.379 e. The SMILES string of the molecule is Cc1cc(C)c(Nc2cc(NCCN3CCOCC3)nc(C)n2)c(C)c1. The fourth-order valence-corrected chi connectivity index (χ4v) is 3.39. The summed E-state index contributed by atoms with van der Waals surface area (Å²) >= 11 is 0. The molecule has 0 spiro atoms. The number of morpholine rings is 1. The first-order valence-electron chi connectivity index (χ1n) is 9.26. The molecule has 1 aromatic heterocycles. The highest BCUT2D eigenvalue weighted by Crippen LogP contribution is 2.25. The smallest absolute Gasteiger partial charge is 0.136 e. The van der Waals surface area contributed by atoms with Crippen LogP contribution in [0.4, 0.5) is 17.3 Å². The van der Waals surface area contributed by atoms with Gasteiger partial charge in [0.25, 0.3) is 0 Å². The molecule has 6 heteroatoms. The average Bonchev–Trinajstić information content (AvgIpc) is 2.59. The Labute approximate surface area is 156 Å². The van der Waals surface area contributed by atoms with Crippen molar-refractivity contribution in [3.63, 3.8) is 0 Å². The lowest BCUT2D eigenvalue weighted by molar-refractivity contribution is 0.0398. The Kier molecular flexibility index (Phi) is 6.06. The Morgan fingerprint density at radius 3 is 2.31 bits per heavy atom. The molecule has 3 rings (SSSR count). The summed E-state index contributed by atoms with van der Waals surface area (Å²) in [5.74, 6) is 2.43. The van der Waals surface area contributed by atoms with Crippen LogP contribution < -0.4 is 10.6 Å². The van der Waals surface area contributed by atoms with E-state index in [2.05, 4.69) is 58.4 Å². The summed E-state index contributed by atoms with van der Waals surface area (Å²) in [6, 6.07) is 6.35. The van der Waals surface area contributed by atoms with E-state index < -0.39 is 0 Å². The van der Waals surface area contributed by atoms with E-state index in [1.807, 2.05) is 13.0 Å². The number of hydrogen-bond donors (Lipinski definition) is 2. The maximum Gasteiger partial charge on any atom is 0.136 e. The second-order valence-corrected chi connectivity index (χ2v) is 6.97. The van der Waals surface area contributed by atoms with Gasteiger partial charge in [-0.15, -0.1) is 0 Å². The molecule has 1 aliphatic rings. The molecule has 1 aromatic carbocycles. The second-order valence-electron chi connectivity index (χ2n) is 6.97. The van der Waals surface area contributed by atoms with Crippen molar-refractivity contribution < 1.29 is 4.74 Å². The Morgan fingerprint density at radius 1 is 0.962 bits per heavy atom. The maximum absolute atomic E-state index is 5.39. The second kappa shape index (κ2) is 8.47. The maximum atomic E-state index is 5.39. The monoisotopic (exact) mass is 355 g/mol. The molecule has 2 heterocycles. The lowest BCUT2D eigenvalue weighted by atomic mass is 10.1. The zero-order valence-corrected chi connectivity index (χ0v) is 16.2. The topological polar surface area (TPSA) is 62.3 Å². The Hall–Kier alpha value is -2.18. The van der Waals surface area contributed by atoms with Crippen molar-refractivity contribution in [2.24, 2.45) is 0 Å². The fraction of sp³-hybridized carbons (Fsp3) is 0.500. The Balaban J connectivity index is 1.65. The molecule has 0 radical (unpaired) electrons. The molecule has 1 aliphatic heterocycles. The van der Waals surface area contributed by atoms with Crippen LogP contribution in [0.5, 0.6) is 0 Å². The largest absolute Gasteiger partial charge is 0.379 e. The molecule has 140 valence electrons. The quantitative estimate of drug-likeness (QED) is 0.830. The normalized spacial score (nSPS) is 15.1. The van der Waals surface area contributed by atoms with Crippen LogP contribution in [-0.2, 0) is 4.74 Å². The summed E-state index contributed by atoms with van der Waals surface area (Å²) in [6.07, 6.45) is 0. The number of rotatable bonds is 6. The van der Waals surface area contributed by atoms with E-state index >= 15 is 0 Å². The highest BCUT2D eigenvalue weighted by molar-refractivity contribution is 5.66. The van der Waals surface area contributed by atoms with Crippen molar-refractivity contribution in [1.29, 1.82) is 0 Å². The van der Waals surface area contributed by atoms with Gasteiger partial charge in [0.2, 0.25) is 0 Å². The van der Waals surface area contributed by atoms with Gasteiger partial charge in [-0.05, 0) is 38.8 Å². The molecule has 26 heavy (non-hydrogen) atoms. The molecular formula is C20H29N5O. The van der Waals surface area contributed by atoms with Crippen LogP contribution in [0, 0.1) is 27.7 Å². The summed E-state index contributed by atoms with van der Waals surface area (Å²) in [6.45, 7) is 13.8. The average molecular weight is 355 g/mol. The van der Waals surface area contributed by atoms with Crippen LogP contribution >= 0.6 is 0 Å². The summed E-state index contributed by atoms with van der Waals surface area (Å²) in [5, 5.41) is 6.89. The summed E-state index contributed by atoms with van der Waals surface area (Å²) in [4.78, 5) is 11.5. The number of hydrogen-bond acceptors (Lipinski definition) is 6. The van der Waals surface area contributed by atoms with Crippen molar-refractivity contribution in [3.05, 3.63) is 40.7 Å². The van der Waals surface area contributed by atoms with Gasteiger partial charge < -0.3 is 15.4 Å². The van der Waals surface area contributed by atoms with Crippen LogP contribution in [0.3, 0.4) is 0 Å². The number of aromatic nitrogens is 2. The fourth-order valence-electron chi connectivity index (χ4n) is 3.39. The first-order chi connectivity index (χ1) is 12.5. The van der Waals surface area contributed by atoms with E-state index in [0.717, 1.165) is 62.5 Å². The molecule has 0 atom stereocenters. The van der Waals surface area contributed by atoms with Gasteiger partial charge in [0, 0.05) is 37.9 Å². The molecular weight excluding hydrogens is 326 g/mol. The van der Waals surface area contributed by atoms with Gasteiger partial charge in [0.15, 0.2) is 0 Å². The molecule has 2 aromatic rings. The molecule has 0 unspecified atom stereocenters. The van der Waals surface area contributed by atoms with E-state index in [0.29, 0.717) is 0 Å². The number of nitrogens with zero attached hydrogens (tertiary/aromatic N) is 3. The van der Waals surface area contributed by atoms with Crippen LogP contribution in [0.15, 0.2) is 18.2 Å². The van der Waals surface area contributed by atoms with Crippen molar-refractivity contribution in [3.8, 4) is 0 Å². The molecule has 2 N–H and O–H groups in total. The first-order valence-corrected chi connectivity index (χ1v) is 9.26. The number of nitrogens with one attached hydrogen (secondary N) is 2. The third-order valence-corrected chi connectivity index (χ3v) is 4.61. The molecule has 0 amide bonds. The number of aryl methyl sites for hydroxylation is 4. The van der Waals surface area contributed by atoms with Crippen molar-refractivity contribution in [1.82, 2.24) is 14.9 Å². The van der Waals surface area contributed by atoms with Gasteiger partial charge in [-0.2, -0.15) is 0 Å². The third kappa shape index (κ3) is 4.93. The summed E-state index contributed by atoms with van der Waals surface area (Å²) < 4.78 is 5.39. The highest BCUT2D eigenvalue weighted by Gasteiger charge is 2.10. The minimum atomic E-state index is 0.756. The number of ether oxygens (including phenoxy) is 1. The van der Waals surface area contributed by atoms with E-state index in [-0.39, 0.29) is 0 Å². The van der Waals surface area contributed by atoms with Crippen LogP contribution in [-0.4, -0.2) is 54.3 Å². The van der Waals surface area contributed by atoms with Crippen molar-refractivity contribution >= 4 is 17.3 Å². The number of benzene rings is 1. The number of anilines is 3. The van der Waals surface area contributed by atoms with Gasteiger partial charge in [-0.1, -0.05) is 17.7 Å². The van der Waals surface area contributed by atoms with Crippen LogP contribution in [0.1, 0.15) is 22.5 Å². The van der Waals surface area contributed by atoms with Gasteiger partial charge >= 0.3 is 0 Å². The zero-order chi connectivity index (χ0) is 18.5. The van der Waals surface area contributed by atoms with Crippen LogP contribution in [0.25, 0.3) is 0 Å². The Morgan fingerprint density at radius 2 is 1.62 bits per heavy atom. The zero-order valence-electron chi connectivity index (χ0n) is 16.2. The molecule has 1 saturated heterocycles. The van der Waals surface area contributed by atoms with Crippen molar-refractivity contribution in [2.45, 2.75) is 27.7 Å². The first kappa shape index (κ1) is 18.6. The standard InChI is InChI=1S/C20H29N5O/c1-14-11-15(2)20(16(3)12-14)24-19-13-18(22-17(4)23-19)21-5-6-25-7-9-26-10-8-25/h11-13H,5-10H2,1-4H3,(H2,21,22,23,24). The summed E-state index contributed by atoms with van der Waals surface area (Å²) in [5.41, 5.74) is 4.84. The van der Waals surface area contributed by atoms with Gasteiger partial charge in [0.05, 0.1) is 13.2 Å². The third-order valence-electron chi connectivity index (χ3n) is 4.61. The van der Waals surface area contributed by atoms with E-state index in [9.17, 15) is 0 Å². The molecule has 0 saturated carbocycles. The predicted molar refractivity (Wildman–Crippen MR) is 106 cm³/mol. The molecule has 1 fully saturated rings. The lowest BCUT2D eigenvalue weighted by Gasteiger charge is -2.26. The Bertz CT molecular complexity index is 733. The van der Waals surface area contributed by atoms with Crippen LogP contribution in [0.2, 0.25) is 0 Å². The summed E-state index contributed by atoms with van der Waals surface area (Å²) in [7, 11) is 0.